The maximum atomic E-state index is 12.7. The van der Waals surface area contributed by atoms with Crippen LogP contribution in [-0.2, 0) is 11.3 Å². The second-order valence-corrected chi connectivity index (χ2v) is 6.52. The van der Waals surface area contributed by atoms with Crippen molar-refractivity contribution in [3.8, 4) is 5.75 Å². The molecule has 138 valence electrons. The average Bonchev–Trinajstić information content (AvgIpc) is 2.64. The van der Waals surface area contributed by atoms with Crippen molar-refractivity contribution in [3.63, 3.8) is 0 Å². The van der Waals surface area contributed by atoms with E-state index in [1.807, 2.05) is 36.1 Å². The predicted octanol–water partition coefficient (Wildman–Crippen LogP) is 1.30. The van der Waals surface area contributed by atoms with E-state index in [-0.39, 0.29) is 24.1 Å². The number of aryl methyl sites for hydroxylation is 1. The number of para-hydroxylation sites is 2. The first-order valence-electron chi connectivity index (χ1n) is 8.72. The Bertz CT molecular complexity index is 849. The lowest BCUT2D eigenvalue weighted by Crippen LogP contribution is -2.55. The van der Waals surface area contributed by atoms with Crippen LogP contribution in [0.25, 0.3) is 0 Å². The lowest BCUT2D eigenvalue weighted by Gasteiger charge is -2.41. The molecule has 26 heavy (non-hydrogen) atoms. The number of ether oxygens (including phenoxy) is 1. The van der Waals surface area contributed by atoms with Gasteiger partial charge in [-0.1, -0.05) is 12.1 Å². The van der Waals surface area contributed by atoms with Crippen LogP contribution in [0.4, 0.5) is 5.69 Å². The summed E-state index contributed by atoms with van der Waals surface area (Å²) in [6.07, 6.45) is 0. The van der Waals surface area contributed by atoms with E-state index in [0.29, 0.717) is 25.3 Å². The van der Waals surface area contributed by atoms with Gasteiger partial charge in [0, 0.05) is 31.7 Å². The van der Waals surface area contributed by atoms with Crippen LogP contribution in [-0.4, -0.2) is 53.4 Å². The molecule has 1 amide bonds. The third-order valence-electron chi connectivity index (χ3n) is 4.66. The minimum absolute atomic E-state index is 0.0283. The molecule has 0 N–H and O–H groups in total. The van der Waals surface area contributed by atoms with Crippen molar-refractivity contribution in [1.82, 2.24) is 14.7 Å². The third-order valence-corrected chi connectivity index (χ3v) is 4.66. The summed E-state index contributed by atoms with van der Waals surface area (Å²) in [7, 11) is 1.66. The van der Waals surface area contributed by atoms with Crippen molar-refractivity contribution in [2.24, 2.45) is 0 Å². The van der Waals surface area contributed by atoms with Gasteiger partial charge in [0.05, 0.1) is 18.5 Å². The quantitative estimate of drug-likeness (QED) is 0.826. The van der Waals surface area contributed by atoms with E-state index in [1.165, 1.54) is 10.7 Å². The summed E-state index contributed by atoms with van der Waals surface area (Å²) in [4.78, 5) is 28.6. The molecule has 1 aliphatic rings. The normalized spacial score (nSPS) is 17.3. The van der Waals surface area contributed by atoms with Gasteiger partial charge in [0.15, 0.2) is 0 Å². The predicted molar refractivity (Wildman–Crippen MR) is 99.6 cm³/mol. The van der Waals surface area contributed by atoms with Gasteiger partial charge in [-0.05, 0) is 32.0 Å². The number of carbonyl (C=O) groups excluding carboxylic acids is 1. The monoisotopic (exact) mass is 356 g/mol. The number of aromatic nitrogens is 2. The van der Waals surface area contributed by atoms with Gasteiger partial charge in [-0.3, -0.25) is 9.59 Å². The summed E-state index contributed by atoms with van der Waals surface area (Å²) in [5, 5.41) is 4.15. The molecule has 1 saturated heterocycles. The van der Waals surface area contributed by atoms with Crippen molar-refractivity contribution < 1.29 is 9.53 Å². The summed E-state index contributed by atoms with van der Waals surface area (Å²) in [5.74, 6) is 0.743. The fraction of sp³-hybridized carbons (Fsp3) is 0.421. The van der Waals surface area contributed by atoms with Crippen molar-refractivity contribution >= 4 is 11.6 Å². The van der Waals surface area contributed by atoms with E-state index < -0.39 is 0 Å². The number of nitrogens with zero attached hydrogens (tertiary/aromatic N) is 4. The number of hydrogen-bond donors (Lipinski definition) is 0. The summed E-state index contributed by atoms with van der Waals surface area (Å²) in [6, 6.07) is 11.0. The molecule has 1 aromatic heterocycles. The highest BCUT2D eigenvalue weighted by atomic mass is 16.5. The smallest absolute Gasteiger partial charge is 0.267 e. The Hall–Kier alpha value is -2.83. The van der Waals surface area contributed by atoms with Crippen LogP contribution in [0.2, 0.25) is 0 Å². The lowest BCUT2D eigenvalue weighted by atomic mass is 10.1. The van der Waals surface area contributed by atoms with E-state index in [9.17, 15) is 9.59 Å². The van der Waals surface area contributed by atoms with Crippen LogP contribution in [0.5, 0.6) is 5.75 Å². The lowest BCUT2D eigenvalue weighted by molar-refractivity contribution is -0.134. The van der Waals surface area contributed by atoms with Crippen LogP contribution in [0, 0.1) is 6.92 Å². The third kappa shape index (κ3) is 3.71. The fourth-order valence-electron chi connectivity index (χ4n) is 3.32. The first kappa shape index (κ1) is 18.0. The molecule has 1 aliphatic heterocycles. The number of anilines is 1. The topological polar surface area (TPSA) is 67.7 Å². The zero-order valence-electron chi connectivity index (χ0n) is 15.4. The second kappa shape index (κ2) is 7.59. The molecule has 1 aromatic carbocycles. The van der Waals surface area contributed by atoms with E-state index in [4.69, 9.17) is 4.74 Å². The SMILES string of the molecule is COc1ccccc1N1CCN(C(=O)Cn2nc(C)ccc2=O)C(C)C1. The molecule has 2 heterocycles. The Balaban J connectivity index is 1.69. The Labute approximate surface area is 152 Å². The molecule has 1 unspecified atom stereocenters. The summed E-state index contributed by atoms with van der Waals surface area (Å²) >= 11 is 0. The van der Waals surface area contributed by atoms with E-state index in [1.54, 1.807) is 20.1 Å². The van der Waals surface area contributed by atoms with Crippen LogP contribution < -0.4 is 15.2 Å². The van der Waals surface area contributed by atoms with Crippen LogP contribution >= 0.6 is 0 Å². The molecular formula is C19H24N4O3. The maximum Gasteiger partial charge on any atom is 0.267 e. The van der Waals surface area contributed by atoms with Gasteiger partial charge in [0.2, 0.25) is 5.91 Å². The summed E-state index contributed by atoms with van der Waals surface area (Å²) in [6.45, 7) is 5.81. The highest BCUT2D eigenvalue weighted by Gasteiger charge is 2.28. The highest BCUT2D eigenvalue weighted by molar-refractivity contribution is 5.76. The average molecular weight is 356 g/mol. The van der Waals surface area contributed by atoms with Crippen molar-refractivity contribution in [2.45, 2.75) is 26.4 Å². The van der Waals surface area contributed by atoms with E-state index in [0.717, 1.165) is 11.4 Å². The molecule has 3 rings (SSSR count). The molecule has 0 spiro atoms. The van der Waals surface area contributed by atoms with Crippen LogP contribution in [0.15, 0.2) is 41.2 Å². The highest BCUT2D eigenvalue weighted by Crippen LogP contribution is 2.29. The minimum Gasteiger partial charge on any atom is -0.495 e. The Kier molecular flexibility index (Phi) is 5.25. The fourth-order valence-corrected chi connectivity index (χ4v) is 3.32. The van der Waals surface area contributed by atoms with Gasteiger partial charge in [0.1, 0.15) is 12.3 Å². The largest absolute Gasteiger partial charge is 0.495 e. The van der Waals surface area contributed by atoms with Gasteiger partial charge < -0.3 is 14.5 Å². The number of piperazine rings is 1. The number of carbonyl (C=O) groups is 1. The van der Waals surface area contributed by atoms with Crippen molar-refractivity contribution in [3.05, 3.63) is 52.4 Å². The number of rotatable bonds is 4. The van der Waals surface area contributed by atoms with E-state index in [2.05, 4.69) is 10.00 Å². The van der Waals surface area contributed by atoms with Gasteiger partial charge in [-0.15, -0.1) is 0 Å². The Morgan fingerprint density at radius 1 is 1.23 bits per heavy atom. The number of benzene rings is 1. The standard InChI is InChI=1S/C19H24N4O3/c1-14-8-9-18(24)23(20-14)13-19(25)22-11-10-21(12-15(22)2)16-6-4-5-7-17(16)26-3/h4-9,15H,10-13H2,1-3H3. The first-order chi connectivity index (χ1) is 12.5. The minimum atomic E-state index is -0.260. The van der Waals surface area contributed by atoms with E-state index >= 15 is 0 Å². The molecule has 2 aromatic rings. The zero-order chi connectivity index (χ0) is 18.7. The van der Waals surface area contributed by atoms with Gasteiger partial charge in [-0.25, -0.2) is 4.68 Å². The number of amides is 1. The van der Waals surface area contributed by atoms with Gasteiger partial charge in [-0.2, -0.15) is 5.10 Å². The molecular weight excluding hydrogens is 332 g/mol. The number of methoxy groups -OCH3 is 1. The van der Waals surface area contributed by atoms with Crippen LogP contribution in [0.1, 0.15) is 12.6 Å². The van der Waals surface area contributed by atoms with Crippen molar-refractivity contribution in [2.75, 3.05) is 31.6 Å². The summed E-state index contributed by atoms with van der Waals surface area (Å²) < 4.78 is 6.68. The molecule has 0 saturated carbocycles. The number of hydrogen-bond acceptors (Lipinski definition) is 5. The molecule has 0 radical (unpaired) electrons. The van der Waals surface area contributed by atoms with Crippen LogP contribution in [0.3, 0.4) is 0 Å². The Morgan fingerprint density at radius 3 is 2.73 bits per heavy atom. The molecule has 7 nitrogen and oxygen atoms in total. The van der Waals surface area contributed by atoms with Gasteiger partial charge in [0.25, 0.3) is 5.56 Å². The molecule has 7 heteroatoms. The van der Waals surface area contributed by atoms with Gasteiger partial charge >= 0.3 is 0 Å². The second-order valence-electron chi connectivity index (χ2n) is 6.52. The molecule has 0 bridgehead atoms. The Morgan fingerprint density at radius 2 is 2.00 bits per heavy atom. The maximum absolute atomic E-state index is 12.7. The zero-order valence-corrected chi connectivity index (χ0v) is 15.4. The van der Waals surface area contributed by atoms with Crippen molar-refractivity contribution in [1.29, 1.82) is 0 Å². The summed E-state index contributed by atoms with van der Waals surface area (Å²) in [5.41, 5.74) is 1.49. The first-order valence-corrected chi connectivity index (χ1v) is 8.72. The molecule has 0 aliphatic carbocycles. The molecule has 1 atom stereocenters. The molecule has 1 fully saturated rings.